The summed E-state index contributed by atoms with van der Waals surface area (Å²) in [6, 6.07) is 3.88. The van der Waals surface area contributed by atoms with Crippen LogP contribution >= 0.6 is 0 Å². The molecule has 0 N–H and O–H groups in total. The number of halogens is 6. The van der Waals surface area contributed by atoms with Crippen LogP contribution in [0.1, 0.15) is 12.8 Å². The van der Waals surface area contributed by atoms with Gasteiger partial charge in [-0.2, -0.15) is 13.2 Å². The molecule has 9 heteroatoms. The fraction of sp³-hybridized carbons (Fsp3) is 0.400. The fourth-order valence-corrected chi connectivity index (χ4v) is 1.24. The van der Waals surface area contributed by atoms with E-state index in [4.69, 9.17) is 4.74 Å². The molecule has 19 heavy (non-hydrogen) atoms. The zero-order chi connectivity index (χ0) is 13.8. The van der Waals surface area contributed by atoms with E-state index in [1.807, 2.05) is 0 Å². The Balaban J connectivity index is 0.00000324. The van der Waals surface area contributed by atoms with E-state index in [1.54, 1.807) is 0 Å². The largest absolute Gasteiger partial charge is 1.00 e. The Morgan fingerprint density at radius 3 is 1.95 bits per heavy atom. The number of rotatable bonds is 5. The van der Waals surface area contributed by atoms with Gasteiger partial charge in [-0.3, -0.25) is 0 Å². The van der Waals surface area contributed by atoms with Crippen molar-refractivity contribution in [2.24, 2.45) is 0 Å². The molecule has 1 aromatic carbocycles. The van der Waals surface area contributed by atoms with Gasteiger partial charge in [-0.15, -0.1) is 5.46 Å². The van der Waals surface area contributed by atoms with Gasteiger partial charge in [0.15, 0.2) is 0 Å². The summed E-state index contributed by atoms with van der Waals surface area (Å²) >= 11 is 0. The summed E-state index contributed by atoms with van der Waals surface area (Å²) in [6.45, 7) is -5.24. The molecule has 1 nitrogen and oxygen atoms in total. The standard InChI is InChI=1S/C10H10BF6O.K/c12-10(13,14)6-1-7-18-9-4-2-8(3-5-9)11(15,16)17;/h2-5H,1,6-7H2;/q-1;+1. The van der Waals surface area contributed by atoms with Crippen LogP contribution in [0.5, 0.6) is 5.75 Å². The molecule has 0 heterocycles. The molecule has 0 bridgehead atoms. The summed E-state index contributed by atoms with van der Waals surface area (Å²) in [4.78, 5) is 0. The molecule has 0 amide bonds. The molecule has 0 fully saturated rings. The van der Waals surface area contributed by atoms with Crippen molar-refractivity contribution in [2.75, 3.05) is 6.61 Å². The third-order valence-electron chi connectivity index (χ3n) is 2.13. The first-order valence-electron chi connectivity index (χ1n) is 5.18. The molecule has 0 unspecified atom stereocenters. The van der Waals surface area contributed by atoms with Gasteiger partial charge in [0, 0.05) is 6.42 Å². The zero-order valence-electron chi connectivity index (χ0n) is 10.2. The van der Waals surface area contributed by atoms with Crippen molar-refractivity contribution in [3.8, 4) is 5.75 Å². The third kappa shape index (κ3) is 8.24. The summed E-state index contributed by atoms with van der Waals surface area (Å²) in [5.41, 5.74) is -0.766. The maximum absolute atomic E-state index is 12.3. The molecule has 0 spiro atoms. The van der Waals surface area contributed by atoms with Crippen molar-refractivity contribution in [2.45, 2.75) is 19.0 Å². The number of benzene rings is 1. The summed E-state index contributed by atoms with van der Waals surface area (Å²) in [5, 5.41) is 0. The van der Waals surface area contributed by atoms with Crippen molar-refractivity contribution in [1.29, 1.82) is 0 Å². The van der Waals surface area contributed by atoms with Crippen LogP contribution in [0.4, 0.5) is 26.1 Å². The molecule has 0 saturated carbocycles. The Morgan fingerprint density at radius 1 is 1.00 bits per heavy atom. The first-order valence-corrected chi connectivity index (χ1v) is 5.18. The molecule has 102 valence electrons. The number of hydrogen-bond acceptors (Lipinski definition) is 1. The minimum atomic E-state index is -5.06. The molecule has 0 atom stereocenters. The summed E-state index contributed by atoms with van der Waals surface area (Å²) < 4.78 is 77.0. The molecule has 0 aliphatic carbocycles. The van der Waals surface area contributed by atoms with E-state index in [1.165, 1.54) is 0 Å². The SMILES string of the molecule is F[B-](F)(F)c1ccc(OCCCC(F)(F)F)cc1.[K+]. The number of hydrogen-bond donors (Lipinski definition) is 0. The molecule has 0 radical (unpaired) electrons. The van der Waals surface area contributed by atoms with Crippen LogP contribution < -0.4 is 61.6 Å². The van der Waals surface area contributed by atoms with E-state index < -0.39 is 25.0 Å². The van der Waals surface area contributed by atoms with Gasteiger partial charge in [0.25, 0.3) is 0 Å². The maximum atomic E-state index is 12.3. The number of ether oxygens (including phenoxy) is 1. The third-order valence-corrected chi connectivity index (χ3v) is 2.13. The Hall–Kier alpha value is 0.301. The molecule has 1 aromatic rings. The van der Waals surface area contributed by atoms with E-state index in [9.17, 15) is 26.1 Å². The smallest absolute Gasteiger partial charge is 0.494 e. The monoisotopic (exact) mass is 310 g/mol. The van der Waals surface area contributed by atoms with Crippen molar-refractivity contribution in [3.05, 3.63) is 24.3 Å². The van der Waals surface area contributed by atoms with Crippen molar-refractivity contribution < 1.29 is 82.2 Å². The topological polar surface area (TPSA) is 9.23 Å². The van der Waals surface area contributed by atoms with E-state index in [-0.39, 0.29) is 70.2 Å². The molecular weight excluding hydrogens is 300 g/mol. The van der Waals surface area contributed by atoms with Gasteiger partial charge in [0.2, 0.25) is 0 Å². The Morgan fingerprint density at radius 2 is 1.53 bits per heavy atom. The minimum absolute atomic E-state index is 0. The van der Waals surface area contributed by atoms with Gasteiger partial charge in [-0.25, -0.2) is 0 Å². The minimum Gasteiger partial charge on any atom is -0.494 e. The van der Waals surface area contributed by atoms with Crippen LogP contribution in [0.2, 0.25) is 0 Å². The first-order chi connectivity index (χ1) is 8.18. The Bertz CT molecular complexity index is 375. The van der Waals surface area contributed by atoms with Gasteiger partial charge in [-0.05, 0) is 18.6 Å². The second kappa shape index (κ2) is 7.92. The van der Waals surface area contributed by atoms with Crippen molar-refractivity contribution in [1.82, 2.24) is 0 Å². The summed E-state index contributed by atoms with van der Waals surface area (Å²) in [6.07, 6.45) is -5.45. The van der Waals surface area contributed by atoms with Crippen LogP contribution in [-0.2, 0) is 0 Å². The van der Waals surface area contributed by atoms with Gasteiger partial charge in [-0.1, -0.05) is 12.1 Å². The van der Waals surface area contributed by atoms with Gasteiger partial charge < -0.3 is 17.7 Å². The Labute approximate surface area is 149 Å². The first kappa shape index (κ1) is 19.3. The predicted octanol–water partition coefficient (Wildman–Crippen LogP) is 0.466. The van der Waals surface area contributed by atoms with Crippen LogP contribution in [0.3, 0.4) is 0 Å². The average molecular weight is 310 g/mol. The molecule has 0 aromatic heterocycles. The normalized spacial score (nSPS) is 11.9. The molecule has 0 aliphatic heterocycles. The van der Waals surface area contributed by atoms with Crippen LogP contribution in [0.15, 0.2) is 24.3 Å². The molecule has 1 rings (SSSR count). The maximum Gasteiger partial charge on any atom is 1.00 e. The number of alkyl halides is 3. The van der Waals surface area contributed by atoms with Crippen LogP contribution in [0.25, 0.3) is 0 Å². The quantitative estimate of drug-likeness (QED) is 0.436. The van der Waals surface area contributed by atoms with Gasteiger partial charge in [0.1, 0.15) is 5.75 Å². The van der Waals surface area contributed by atoms with E-state index in [0.29, 0.717) is 0 Å². The van der Waals surface area contributed by atoms with E-state index >= 15 is 0 Å². The predicted molar refractivity (Wildman–Crippen MR) is 55.9 cm³/mol. The Kier molecular flexibility index (Phi) is 8.04. The van der Waals surface area contributed by atoms with Gasteiger partial charge >= 0.3 is 64.5 Å². The molecule has 0 aliphatic rings. The second-order valence-electron chi connectivity index (χ2n) is 3.71. The van der Waals surface area contributed by atoms with Crippen molar-refractivity contribution >= 4 is 12.4 Å². The fourth-order valence-electron chi connectivity index (χ4n) is 1.24. The van der Waals surface area contributed by atoms with Crippen LogP contribution in [-0.4, -0.2) is 19.8 Å². The van der Waals surface area contributed by atoms with E-state index in [0.717, 1.165) is 24.3 Å². The van der Waals surface area contributed by atoms with Gasteiger partial charge in [0.05, 0.1) is 6.61 Å². The molecule has 0 saturated heterocycles. The zero-order valence-corrected chi connectivity index (χ0v) is 13.3. The molecular formula is C10H10BF6KO. The van der Waals surface area contributed by atoms with Crippen molar-refractivity contribution in [3.63, 3.8) is 0 Å². The second-order valence-corrected chi connectivity index (χ2v) is 3.71. The average Bonchev–Trinajstić information content (AvgIpc) is 2.22. The summed E-state index contributed by atoms with van der Waals surface area (Å²) in [5.74, 6) is 0.126. The van der Waals surface area contributed by atoms with Crippen LogP contribution in [0, 0.1) is 0 Å². The van der Waals surface area contributed by atoms with E-state index in [2.05, 4.69) is 0 Å². The summed E-state index contributed by atoms with van der Waals surface area (Å²) in [7, 11) is 0.